The van der Waals surface area contributed by atoms with Gasteiger partial charge in [0.2, 0.25) is 0 Å². The Bertz CT molecular complexity index is 1070. The lowest BCUT2D eigenvalue weighted by Crippen LogP contribution is -2.15. The summed E-state index contributed by atoms with van der Waals surface area (Å²) in [5.41, 5.74) is 1.21. The number of benzene rings is 2. The summed E-state index contributed by atoms with van der Waals surface area (Å²) in [5, 5.41) is 4.56. The third kappa shape index (κ3) is 3.76. The molecule has 0 unspecified atom stereocenters. The Morgan fingerprint density at radius 3 is 1.97 bits per heavy atom. The van der Waals surface area contributed by atoms with E-state index in [0.29, 0.717) is 27.2 Å². The van der Waals surface area contributed by atoms with Crippen LogP contribution in [0.3, 0.4) is 0 Å². The van der Waals surface area contributed by atoms with E-state index in [0.717, 1.165) is 0 Å². The van der Waals surface area contributed by atoms with Gasteiger partial charge in [0.25, 0.3) is 0 Å². The Balaban J connectivity index is 2.39. The Hall–Kier alpha value is -3.33. The second-order valence-corrected chi connectivity index (χ2v) is 6.79. The largest absolute Gasteiger partial charge is 0.495 e. The Morgan fingerprint density at radius 2 is 1.47 bits per heavy atom. The zero-order valence-electron chi connectivity index (χ0n) is 16.8. The van der Waals surface area contributed by atoms with Gasteiger partial charge in [-0.2, -0.15) is 5.10 Å². The summed E-state index contributed by atoms with van der Waals surface area (Å²) in [6, 6.07) is 12.3. The molecule has 3 aromatic rings. The molecule has 1 aromatic heterocycles. The number of esters is 2. The molecule has 0 amide bonds. The van der Waals surface area contributed by atoms with Crippen molar-refractivity contribution in [2.75, 3.05) is 28.4 Å². The number of para-hydroxylation sites is 1. The highest BCUT2D eigenvalue weighted by molar-refractivity contribution is 9.10. The molecule has 1 heterocycles. The Labute approximate surface area is 181 Å². The van der Waals surface area contributed by atoms with Gasteiger partial charge in [0.15, 0.2) is 5.69 Å². The third-order valence-corrected chi connectivity index (χ3v) is 5.16. The van der Waals surface area contributed by atoms with Crippen molar-refractivity contribution in [1.29, 1.82) is 0 Å². The highest BCUT2D eigenvalue weighted by atomic mass is 79.9. The predicted molar refractivity (Wildman–Crippen MR) is 112 cm³/mol. The zero-order valence-corrected chi connectivity index (χ0v) is 18.3. The van der Waals surface area contributed by atoms with E-state index < -0.39 is 11.9 Å². The molecular weight excluding hydrogens is 456 g/mol. The lowest BCUT2D eigenvalue weighted by Gasteiger charge is -2.11. The minimum Gasteiger partial charge on any atom is -0.495 e. The molecule has 0 bridgehead atoms. The van der Waals surface area contributed by atoms with Crippen LogP contribution in [0.1, 0.15) is 20.8 Å². The van der Waals surface area contributed by atoms with Crippen LogP contribution < -0.4 is 9.47 Å². The van der Waals surface area contributed by atoms with Crippen LogP contribution in [0.2, 0.25) is 0 Å². The SMILES string of the molecule is COC(=O)c1c(-c2cc(OC)c(Br)c(OC)c2)nn(-c2ccccc2)c1C(=O)OC. The molecule has 2 aromatic carbocycles. The van der Waals surface area contributed by atoms with Crippen molar-refractivity contribution in [2.45, 2.75) is 0 Å². The van der Waals surface area contributed by atoms with Crippen LogP contribution in [-0.4, -0.2) is 50.2 Å². The topological polar surface area (TPSA) is 88.9 Å². The quantitative estimate of drug-likeness (QED) is 0.500. The van der Waals surface area contributed by atoms with E-state index in [1.807, 2.05) is 6.07 Å². The van der Waals surface area contributed by atoms with Gasteiger partial charge < -0.3 is 18.9 Å². The molecule has 0 aliphatic heterocycles. The number of hydrogen-bond acceptors (Lipinski definition) is 7. The van der Waals surface area contributed by atoms with E-state index in [1.165, 1.54) is 33.1 Å². The smallest absolute Gasteiger partial charge is 0.357 e. The lowest BCUT2D eigenvalue weighted by atomic mass is 10.0. The first-order valence-electron chi connectivity index (χ1n) is 8.73. The van der Waals surface area contributed by atoms with Gasteiger partial charge in [0.1, 0.15) is 27.2 Å². The highest BCUT2D eigenvalue weighted by Gasteiger charge is 2.32. The Kier molecular flexibility index (Phi) is 6.41. The van der Waals surface area contributed by atoms with Crippen LogP contribution in [0.25, 0.3) is 16.9 Å². The summed E-state index contributed by atoms with van der Waals surface area (Å²) in [4.78, 5) is 25.4. The average molecular weight is 475 g/mol. The van der Waals surface area contributed by atoms with E-state index in [9.17, 15) is 9.59 Å². The number of ether oxygens (including phenoxy) is 4. The fourth-order valence-corrected chi connectivity index (χ4v) is 3.52. The molecule has 0 aliphatic rings. The van der Waals surface area contributed by atoms with Gasteiger partial charge in [0, 0.05) is 5.56 Å². The average Bonchev–Trinajstić information content (AvgIpc) is 3.19. The number of rotatable bonds is 6. The number of halogens is 1. The summed E-state index contributed by atoms with van der Waals surface area (Å²) in [6.07, 6.45) is 0. The number of carbonyl (C=O) groups is 2. The van der Waals surface area contributed by atoms with E-state index in [4.69, 9.17) is 18.9 Å². The van der Waals surface area contributed by atoms with Gasteiger partial charge in [-0.15, -0.1) is 0 Å². The van der Waals surface area contributed by atoms with Crippen molar-refractivity contribution in [3.8, 4) is 28.4 Å². The maximum Gasteiger partial charge on any atom is 0.357 e. The van der Waals surface area contributed by atoms with Gasteiger partial charge in [-0.05, 0) is 40.2 Å². The summed E-state index contributed by atoms with van der Waals surface area (Å²) >= 11 is 3.42. The number of nitrogens with zero attached hydrogens (tertiary/aromatic N) is 2. The van der Waals surface area contributed by atoms with Crippen molar-refractivity contribution >= 4 is 27.9 Å². The molecule has 0 fully saturated rings. The van der Waals surface area contributed by atoms with Gasteiger partial charge in [-0.1, -0.05) is 18.2 Å². The summed E-state index contributed by atoms with van der Waals surface area (Å²) in [5.74, 6) is -0.523. The lowest BCUT2D eigenvalue weighted by molar-refractivity contribution is 0.0549. The molecule has 0 aliphatic carbocycles. The first-order valence-corrected chi connectivity index (χ1v) is 9.53. The Morgan fingerprint density at radius 1 is 0.900 bits per heavy atom. The molecule has 8 nitrogen and oxygen atoms in total. The van der Waals surface area contributed by atoms with Gasteiger partial charge in [-0.3, -0.25) is 0 Å². The van der Waals surface area contributed by atoms with Crippen molar-refractivity contribution in [3.63, 3.8) is 0 Å². The van der Waals surface area contributed by atoms with Crippen molar-refractivity contribution in [3.05, 3.63) is 58.2 Å². The van der Waals surface area contributed by atoms with E-state index in [-0.39, 0.29) is 17.0 Å². The number of methoxy groups -OCH3 is 4. The molecule has 30 heavy (non-hydrogen) atoms. The van der Waals surface area contributed by atoms with Gasteiger partial charge in [-0.25, -0.2) is 14.3 Å². The van der Waals surface area contributed by atoms with Crippen LogP contribution in [0.4, 0.5) is 0 Å². The van der Waals surface area contributed by atoms with E-state index in [1.54, 1.807) is 36.4 Å². The molecule has 0 N–H and O–H groups in total. The van der Waals surface area contributed by atoms with E-state index in [2.05, 4.69) is 21.0 Å². The van der Waals surface area contributed by atoms with Crippen LogP contribution in [0.5, 0.6) is 11.5 Å². The minimum atomic E-state index is -0.728. The molecule has 9 heteroatoms. The molecule has 0 radical (unpaired) electrons. The second-order valence-electron chi connectivity index (χ2n) is 6.00. The van der Waals surface area contributed by atoms with Crippen molar-refractivity contribution < 1.29 is 28.5 Å². The standard InChI is InChI=1S/C21H19BrN2O6/c1-27-14-10-12(11-15(28-2)17(14)22)18-16(20(25)29-3)19(21(26)30-4)24(23-18)13-8-6-5-7-9-13/h5-11H,1-4H3. The van der Waals surface area contributed by atoms with Crippen LogP contribution in [0, 0.1) is 0 Å². The fourth-order valence-electron chi connectivity index (χ4n) is 2.96. The first kappa shape index (κ1) is 21.4. The number of carbonyl (C=O) groups excluding carboxylic acids is 2. The molecule has 0 atom stereocenters. The van der Waals surface area contributed by atoms with Gasteiger partial charge >= 0.3 is 11.9 Å². The molecule has 156 valence electrons. The number of hydrogen-bond donors (Lipinski definition) is 0. The predicted octanol–water partition coefficient (Wildman–Crippen LogP) is 3.89. The maximum atomic E-state index is 12.7. The fraction of sp³-hybridized carbons (Fsp3) is 0.190. The number of aromatic nitrogens is 2. The van der Waals surface area contributed by atoms with Crippen LogP contribution in [0.15, 0.2) is 46.9 Å². The molecule has 0 saturated heterocycles. The van der Waals surface area contributed by atoms with Crippen LogP contribution in [-0.2, 0) is 9.47 Å². The summed E-state index contributed by atoms with van der Waals surface area (Å²) < 4.78 is 22.6. The second kappa shape index (κ2) is 9.00. The molecular formula is C21H19BrN2O6. The van der Waals surface area contributed by atoms with Crippen LogP contribution >= 0.6 is 15.9 Å². The summed E-state index contributed by atoms with van der Waals surface area (Å²) in [6.45, 7) is 0. The van der Waals surface area contributed by atoms with Crippen molar-refractivity contribution in [2.24, 2.45) is 0 Å². The minimum absolute atomic E-state index is 0.0281. The normalized spacial score (nSPS) is 10.4. The van der Waals surface area contributed by atoms with E-state index >= 15 is 0 Å². The third-order valence-electron chi connectivity index (χ3n) is 4.37. The monoisotopic (exact) mass is 474 g/mol. The first-order chi connectivity index (χ1) is 14.5. The molecule has 3 rings (SSSR count). The van der Waals surface area contributed by atoms with Crippen molar-refractivity contribution in [1.82, 2.24) is 9.78 Å². The van der Waals surface area contributed by atoms with Gasteiger partial charge in [0.05, 0.1) is 34.1 Å². The zero-order chi connectivity index (χ0) is 21.8. The maximum absolute atomic E-state index is 12.7. The highest BCUT2D eigenvalue weighted by Crippen LogP contribution is 2.40. The molecule has 0 spiro atoms. The molecule has 0 saturated carbocycles. The summed E-state index contributed by atoms with van der Waals surface area (Å²) in [7, 11) is 5.48.